The van der Waals surface area contributed by atoms with Crippen molar-refractivity contribution < 1.29 is 29.3 Å². The quantitative estimate of drug-likeness (QED) is 0.536. The fraction of sp³-hybridized carbons (Fsp3) is 0.571. The van der Waals surface area contributed by atoms with Gasteiger partial charge in [0.1, 0.15) is 17.7 Å². The summed E-state index contributed by atoms with van der Waals surface area (Å²) in [6.45, 7) is 0.451. The first-order chi connectivity index (χ1) is 15.5. The van der Waals surface area contributed by atoms with Crippen LogP contribution in [0, 0.1) is 0 Å². The molecule has 0 atom stereocenters. The molecular weight excluding hydrogens is 436 g/mol. The van der Waals surface area contributed by atoms with E-state index in [0.717, 1.165) is 30.7 Å². The standard InChI is InChI=1S/C20H26N4O3S.CH2O3/c25-19(14-10-11-17(21-12-14)27-16-8-2-1-3-9-16)22-20-24-23-18(28-20)13-26-15-6-4-5-7-15;2-1(3)4/h10-12,15-16H,1-9,13H2,(H,22,24,25);(H2,2,3,4). The number of rotatable bonds is 7. The van der Waals surface area contributed by atoms with Crippen LogP contribution < -0.4 is 10.1 Å². The van der Waals surface area contributed by atoms with E-state index >= 15 is 0 Å². The highest BCUT2D eigenvalue weighted by molar-refractivity contribution is 7.15. The highest BCUT2D eigenvalue weighted by atomic mass is 32.1. The number of aromatic nitrogens is 3. The number of nitrogens with zero attached hydrogens (tertiary/aromatic N) is 3. The Morgan fingerprint density at radius 1 is 1.00 bits per heavy atom. The van der Waals surface area contributed by atoms with Crippen molar-refractivity contribution in [3.63, 3.8) is 0 Å². The summed E-state index contributed by atoms with van der Waals surface area (Å²) in [5.74, 6) is 0.321. The van der Waals surface area contributed by atoms with Gasteiger partial charge in [-0.05, 0) is 44.6 Å². The van der Waals surface area contributed by atoms with Gasteiger partial charge in [0.05, 0.1) is 11.7 Å². The minimum Gasteiger partial charge on any atom is -0.474 e. The van der Waals surface area contributed by atoms with Gasteiger partial charge in [0, 0.05) is 12.3 Å². The Morgan fingerprint density at radius 3 is 2.31 bits per heavy atom. The maximum Gasteiger partial charge on any atom is 0.503 e. The van der Waals surface area contributed by atoms with E-state index in [1.54, 1.807) is 18.3 Å². The van der Waals surface area contributed by atoms with Gasteiger partial charge in [0.2, 0.25) is 11.0 Å². The highest BCUT2D eigenvalue weighted by Crippen LogP contribution is 2.24. The van der Waals surface area contributed by atoms with Gasteiger partial charge in [0.25, 0.3) is 5.91 Å². The summed E-state index contributed by atoms with van der Waals surface area (Å²) in [7, 11) is 0. The topological polar surface area (TPSA) is 144 Å². The molecule has 0 spiro atoms. The van der Waals surface area contributed by atoms with E-state index in [2.05, 4.69) is 20.5 Å². The van der Waals surface area contributed by atoms with Crippen LogP contribution in [0.15, 0.2) is 18.3 Å². The minimum atomic E-state index is -1.83. The van der Waals surface area contributed by atoms with Crippen LogP contribution >= 0.6 is 11.3 Å². The molecule has 11 heteroatoms. The third kappa shape index (κ3) is 8.04. The van der Waals surface area contributed by atoms with E-state index in [9.17, 15) is 4.79 Å². The zero-order chi connectivity index (χ0) is 22.8. The van der Waals surface area contributed by atoms with E-state index in [-0.39, 0.29) is 12.0 Å². The Kier molecular flexibility index (Phi) is 9.17. The van der Waals surface area contributed by atoms with Gasteiger partial charge in [0.15, 0.2) is 0 Å². The third-order valence-corrected chi connectivity index (χ3v) is 6.08. The van der Waals surface area contributed by atoms with Crippen molar-refractivity contribution in [2.45, 2.75) is 76.6 Å². The van der Waals surface area contributed by atoms with E-state index < -0.39 is 6.16 Å². The van der Waals surface area contributed by atoms with Crippen molar-refractivity contribution in [3.05, 3.63) is 28.9 Å². The summed E-state index contributed by atoms with van der Waals surface area (Å²) >= 11 is 1.34. The molecule has 10 nitrogen and oxygen atoms in total. The molecule has 32 heavy (non-hydrogen) atoms. The lowest BCUT2D eigenvalue weighted by Gasteiger charge is -2.22. The molecule has 174 valence electrons. The summed E-state index contributed by atoms with van der Waals surface area (Å²) in [6, 6.07) is 3.48. The minimum absolute atomic E-state index is 0.243. The van der Waals surface area contributed by atoms with E-state index in [1.807, 2.05) is 0 Å². The molecule has 2 aromatic rings. The number of amides is 1. The molecule has 2 fully saturated rings. The van der Waals surface area contributed by atoms with Gasteiger partial charge in [-0.1, -0.05) is 30.6 Å². The van der Waals surface area contributed by atoms with Crippen molar-refractivity contribution in [3.8, 4) is 5.88 Å². The predicted octanol–water partition coefficient (Wildman–Crippen LogP) is 4.58. The van der Waals surface area contributed by atoms with Crippen LogP contribution in [0.3, 0.4) is 0 Å². The van der Waals surface area contributed by atoms with Crippen LogP contribution in [0.25, 0.3) is 0 Å². The molecule has 2 aliphatic carbocycles. The molecule has 0 aliphatic heterocycles. The third-order valence-electron chi connectivity index (χ3n) is 5.27. The van der Waals surface area contributed by atoms with Crippen LogP contribution in [-0.4, -0.2) is 49.7 Å². The van der Waals surface area contributed by atoms with Crippen molar-refractivity contribution in [1.29, 1.82) is 0 Å². The summed E-state index contributed by atoms with van der Waals surface area (Å²) < 4.78 is 11.7. The lowest BCUT2D eigenvalue weighted by molar-refractivity contribution is 0.0453. The van der Waals surface area contributed by atoms with Gasteiger partial charge < -0.3 is 19.7 Å². The van der Waals surface area contributed by atoms with Gasteiger partial charge >= 0.3 is 6.16 Å². The molecule has 2 saturated carbocycles. The molecule has 2 heterocycles. The molecule has 1 amide bonds. The molecule has 0 unspecified atom stereocenters. The van der Waals surface area contributed by atoms with Crippen molar-refractivity contribution in [2.75, 3.05) is 5.32 Å². The number of hydrogen-bond donors (Lipinski definition) is 3. The van der Waals surface area contributed by atoms with Crippen LogP contribution in [0.1, 0.15) is 73.2 Å². The lowest BCUT2D eigenvalue weighted by Crippen LogP contribution is -2.20. The normalized spacial score (nSPS) is 16.8. The average Bonchev–Trinajstić information content (AvgIpc) is 3.45. The average molecular weight is 465 g/mol. The largest absolute Gasteiger partial charge is 0.503 e. The predicted molar refractivity (Wildman–Crippen MR) is 117 cm³/mol. The zero-order valence-corrected chi connectivity index (χ0v) is 18.6. The molecule has 3 N–H and O–H groups in total. The maximum absolute atomic E-state index is 12.4. The van der Waals surface area contributed by atoms with Crippen LogP contribution in [0.4, 0.5) is 9.93 Å². The zero-order valence-electron chi connectivity index (χ0n) is 17.7. The molecule has 0 saturated heterocycles. The Bertz CT molecular complexity index is 859. The van der Waals surface area contributed by atoms with Crippen molar-refractivity contribution in [2.24, 2.45) is 0 Å². The molecule has 2 aliphatic rings. The Hall–Kier alpha value is -2.79. The first-order valence-corrected chi connectivity index (χ1v) is 11.6. The number of ether oxygens (including phenoxy) is 2. The number of pyridine rings is 1. The number of carbonyl (C=O) groups is 2. The van der Waals surface area contributed by atoms with E-state index in [0.29, 0.717) is 29.3 Å². The number of carboxylic acid groups (broad SMARTS) is 2. The number of hydrogen-bond acceptors (Lipinski definition) is 8. The molecule has 0 aromatic carbocycles. The van der Waals surface area contributed by atoms with Crippen molar-refractivity contribution >= 4 is 28.5 Å². The second kappa shape index (κ2) is 12.3. The summed E-state index contributed by atoms with van der Waals surface area (Å²) in [4.78, 5) is 25.2. The molecule has 2 aromatic heterocycles. The fourth-order valence-corrected chi connectivity index (χ4v) is 4.37. The van der Waals surface area contributed by atoms with Crippen LogP contribution in [0.5, 0.6) is 5.88 Å². The number of anilines is 1. The smallest absolute Gasteiger partial charge is 0.474 e. The van der Waals surface area contributed by atoms with Crippen molar-refractivity contribution in [1.82, 2.24) is 15.2 Å². The monoisotopic (exact) mass is 464 g/mol. The van der Waals surface area contributed by atoms with Gasteiger partial charge in [-0.2, -0.15) is 0 Å². The SMILES string of the molecule is O=C(Nc1nnc(COC2CCCC2)s1)c1ccc(OC2CCCCC2)nc1.O=C(O)O. The molecule has 0 radical (unpaired) electrons. The molecule has 4 rings (SSSR count). The summed E-state index contributed by atoms with van der Waals surface area (Å²) in [5.41, 5.74) is 0.468. The summed E-state index contributed by atoms with van der Waals surface area (Å²) in [6.07, 6.45) is 10.9. The highest BCUT2D eigenvalue weighted by Gasteiger charge is 2.18. The lowest BCUT2D eigenvalue weighted by atomic mass is 9.98. The molecule has 0 bridgehead atoms. The second-order valence-electron chi connectivity index (χ2n) is 7.72. The van der Waals surface area contributed by atoms with Crippen LogP contribution in [0.2, 0.25) is 0 Å². The first-order valence-electron chi connectivity index (χ1n) is 10.8. The van der Waals surface area contributed by atoms with E-state index in [4.69, 9.17) is 24.5 Å². The Morgan fingerprint density at radius 2 is 1.66 bits per heavy atom. The first kappa shape index (κ1) is 23.9. The number of carbonyl (C=O) groups excluding carboxylic acids is 1. The fourth-order valence-electron chi connectivity index (χ4n) is 3.71. The van der Waals surface area contributed by atoms with Gasteiger partial charge in [-0.15, -0.1) is 10.2 Å². The van der Waals surface area contributed by atoms with Gasteiger partial charge in [-0.3, -0.25) is 10.1 Å². The van der Waals surface area contributed by atoms with Crippen LogP contribution in [-0.2, 0) is 11.3 Å². The Balaban J connectivity index is 0.000000668. The Labute approximate surface area is 190 Å². The maximum atomic E-state index is 12.4. The summed E-state index contributed by atoms with van der Waals surface area (Å²) in [5, 5.41) is 26.1. The molecular formula is C21H28N4O6S. The second-order valence-corrected chi connectivity index (χ2v) is 8.78. The number of nitrogens with one attached hydrogen (secondary N) is 1. The van der Waals surface area contributed by atoms with E-state index in [1.165, 1.54) is 43.4 Å². The van der Waals surface area contributed by atoms with Gasteiger partial charge in [-0.25, -0.2) is 9.78 Å².